The molecule has 0 spiro atoms. The van der Waals surface area contributed by atoms with Crippen molar-refractivity contribution >= 4 is 21.6 Å². The molecule has 102 valence electrons. The standard InChI is InChI=1S/C13H16N2O3S/c14-19(17,18)12-3-1-11(2-4-12)15-13(16)10-6-8-5-9(8)7-10/h1-4,8-10H,5-7H2,(H,15,16)(H2,14,17,18). The molecule has 6 heteroatoms. The maximum Gasteiger partial charge on any atom is 0.238 e. The summed E-state index contributed by atoms with van der Waals surface area (Å²) in [5.41, 5.74) is 0.609. The quantitative estimate of drug-likeness (QED) is 0.875. The summed E-state index contributed by atoms with van der Waals surface area (Å²) in [6.45, 7) is 0. The monoisotopic (exact) mass is 280 g/mol. The number of hydrogen-bond acceptors (Lipinski definition) is 3. The Kier molecular flexibility index (Phi) is 2.87. The first-order valence-corrected chi connectivity index (χ1v) is 7.92. The molecule has 3 rings (SSSR count). The number of rotatable bonds is 3. The van der Waals surface area contributed by atoms with Gasteiger partial charge in [0.2, 0.25) is 15.9 Å². The third-order valence-electron chi connectivity index (χ3n) is 4.06. The molecule has 1 amide bonds. The number of nitrogens with one attached hydrogen (secondary N) is 1. The van der Waals surface area contributed by atoms with Crippen molar-refractivity contribution in [2.24, 2.45) is 22.9 Å². The maximum absolute atomic E-state index is 12.0. The first-order valence-electron chi connectivity index (χ1n) is 6.37. The van der Waals surface area contributed by atoms with Crippen LogP contribution >= 0.6 is 0 Å². The van der Waals surface area contributed by atoms with Gasteiger partial charge in [0.1, 0.15) is 0 Å². The lowest BCUT2D eigenvalue weighted by Crippen LogP contribution is -2.21. The fraction of sp³-hybridized carbons (Fsp3) is 0.462. The Hall–Kier alpha value is -1.40. The lowest BCUT2D eigenvalue weighted by Gasteiger charge is -2.12. The zero-order valence-electron chi connectivity index (χ0n) is 10.4. The molecule has 1 aromatic rings. The van der Waals surface area contributed by atoms with Crippen LogP contribution in [0.5, 0.6) is 0 Å². The molecule has 2 aliphatic carbocycles. The lowest BCUT2D eigenvalue weighted by molar-refractivity contribution is -0.120. The van der Waals surface area contributed by atoms with Gasteiger partial charge in [-0.25, -0.2) is 13.6 Å². The highest BCUT2D eigenvalue weighted by Crippen LogP contribution is 2.54. The van der Waals surface area contributed by atoms with Gasteiger partial charge in [0, 0.05) is 11.6 Å². The van der Waals surface area contributed by atoms with E-state index >= 15 is 0 Å². The van der Waals surface area contributed by atoms with Crippen LogP contribution in [0.25, 0.3) is 0 Å². The minimum absolute atomic E-state index is 0.0376. The molecule has 0 aromatic heterocycles. The Morgan fingerprint density at radius 2 is 1.68 bits per heavy atom. The molecule has 0 radical (unpaired) electrons. The van der Waals surface area contributed by atoms with E-state index in [1.54, 1.807) is 12.1 Å². The number of anilines is 1. The molecule has 19 heavy (non-hydrogen) atoms. The molecule has 5 nitrogen and oxygen atoms in total. The van der Waals surface area contributed by atoms with Crippen LogP contribution < -0.4 is 10.5 Å². The summed E-state index contributed by atoms with van der Waals surface area (Å²) >= 11 is 0. The molecule has 2 atom stereocenters. The molecule has 2 fully saturated rings. The minimum atomic E-state index is -3.68. The molecule has 0 heterocycles. The average Bonchev–Trinajstić information content (AvgIpc) is 2.95. The van der Waals surface area contributed by atoms with Gasteiger partial charge in [0.25, 0.3) is 0 Å². The van der Waals surface area contributed by atoms with Gasteiger partial charge in [-0.05, 0) is 55.4 Å². The number of carbonyl (C=O) groups excluding carboxylic acids is 1. The molecule has 3 N–H and O–H groups in total. The van der Waals surface area contributed by atoms with Crippen LogP contribution in [0, 0.1) is 17.8 Å². The highest BCUT2D eigenvalue weighted by atomic mass is 32.2. The van der Waals surface area contributed by atoms with Crippen molar-refractivity contribution in [1.82, 2.24) is 0 Å². The van der Waals surface area contributed by atoms with E-state index in [1.807, 2.05) is 0 Å². The fourth-order valence-electron chi connectivity index (χ4n) is 2.90. The summed E-state index contributed by atoms with van der Waals surface area (Å²) in [7, 11) is -3.68. The zero-order chi connectivity index (χ0) is 13.6. The van der Waals surface area contributed by atoms with Crippen molar-refractivity contribution in [3.05, 3.63) is 24.3 Å². The number of fused-ring (bicyclic) bond motifs is 1. The molecule has 1 aromatic carbocycles. The van der Waals surface area contributed by atoms with Crippen LogP contribution in [0.3, 0.4) is 0 Å². The SMILES string of the molecule is NS(=O)(=O)c1ccc(NC(=O)C2CC3CC3C2)cc1. The fourth-order valence-corrected chi connectivity index (χ4v) is 3.42. The van der Waals surface area contributed by atoms with Gasteiger partial charge < -0.3 is 5.32 Å². The van der Waals surface area contributed by atoms with Crippen LogP contribution in [0.4, 0.5) is 5.69 Å². The van der Waals surface area contributed by atoms with Crippen LogP contribution in [0.1, 0.15) is 19.3 Å². The highest BCUT2D eigenvalue weighted by Gasteiger charge is 2.47. The predicted octanol–water partition coefficient (Wildman–Crippen LogP) is 1.32. The van der Waals surface area contributed by atoms with Crippen molar-refractivity contribution in [2.45, 2.75) is 24.2 Å². The molecular weight excluding hydrogens is 264 g/mol. The van der Waals surface area contributed by atoms with E-state index in [2.05, 4.69) is 5.32 Å². The highest BCUT2D eigenvalue weighted by molar-refractivity contribution is 7.89. The van der Waals surface area contributed by atoms with Crippen molar-refractivity contribution < 1.29 is 13.2 Å². The van der Waals surface area contributed by atoms with Gasteiger partial charge >= 0.3 is 0 Å². The van der Waals surface area contributed by atoms with E-state index in [9.17, 15) is 13.2 Å². The van der Waals surface area contributed by atoms with E-state index in [0.717, 1.165) is 24.7 Å². The molecular formula is C13H16N2O3S. The number of benzene rings is 1. The zero-order valence-corrected chi connectivity index (χ0v) is 11.2. The van der Waals surface area contributed by atoms with Crippen LogP contribution in [-0.2, 0) is 14.8 Å². The second-order valence-electron chi connectivity index (χ2n) is 5.48. The van der Waals surface area contributed by atoms with Gasteiger partial charge in [-0.1, -0.05) is 0 Å². The number of sulfonamides is 1. The molecule has 2 saturated carbocycles. The largest absolute Gasteiger partial charge is 0.326 e. The maximum atomic E-state index is 12.0. The van der Waals surface area contributed by atoms with Crippen LogP contribution in [-0.4, -0.2) is 14.3 Å². The number of nitrogens with two attached hydrogens (primary N) is 1. The second-order valence-corrected chi connectivity index (χ2v) is 7.04. The van der Waals surface area contributed by atoms with Crippen LogP contribution in [0.2, 0.25) is 0 Å². The second kappa shape index (κ2) is 4.31. The van der Waals surface area contributed by atoms with E-state index in [-0.39, 0.29) is 16.7 Å². The Morgan fingerprint density at radius 3 is 2.21 bits per heavy atom. The van der Waals surface area contributed by atoms with Gasteiger partial charge in [0.15, 0.2) is 0 Å². The smallest absolute Gasteiger partial charge is 0.238 e. The van der Waals surface area contributed by atoms with E-state index in [0.29, 0.717) is 5.69 Å². The number of primary sulfonamides is 1. The summed E-state index contributed by atoms with van der Waals surface area (Å²) in [5, 5.41) is 7.84. The topological polar surface area (TPSA) is 89.3 Å². The van der Waals surface area contributed by atoms with Crippen molar-refractivity contribution in [2.75, 3.05) is 5.32 Å². The third-order valence-corrected chi connectivity index (χ3v) is 4.99. The van der Waals surface area contributed by atoms with Crippen LogP contribution in [0.15, 0.2) is 29.2 Å². The summed E-state index contributed by atoms with van der Waals surface area (Å²) in [5.74, 6) is 1.68. The Balaban J connectivity index is 1.65. The predicted molar refractivity (Wildman–Crippen MR) is 70.8 cm³/mol. The van der Waals surface area contributed by atoms with Gasteiger partial charge in [-0.15, -0.1) is 0 Å². The van der Waals surface area contributed by atoms with Gasteiger partial charge in [-0.3, -0.25) is 4.79 Å². The lowest BCUT2D eigenvalue weighted by atomic mass is 10.0. The average molecular weight is 280 g/mol. The van der Waals surface area contributed by atoms with Gasteiger partial charge in [0.05, 0.1) is 4.90 Å². The summed E-state index contributed by atoms with van der Waals surface area (Å²) in [4.78, 5) is 12.1. The Morgan fingerprint density at radius 1 is 1.11 bits per heavy atom. The Labute approximate surface area is 112 Å². The molecule has 2 aliphatic rings. The molecule has 0 saturated heterocycles. The molecule has 0 bridgehead atoms. The molecule has 0 aliphatic heterocycles. The number of amides is 1. The van der Waals surface area contributed by atoms with Crippen molar-refractivity contribution in [1.29, 1.82) is 0 Å². The van der Waals surface area contributed by atoms with Crippen molar-refractivity contribution in [3.8, 4) is 0 Å². The summed E-state index contributed by atoms with van der Waals surface area (Å²) < 4.78 is 22.2. The number of carbonyl (C=O) groups is 1. The summed E-state index contributed by atoms with van der Waals surface area (Å²) in [6.07, 6.45) is 3.27. The first kappa shape index (κ1) is 12.6. The number of hydrogen-bond donors (Lipinski definition) is 2. The van der Waals surface area contributed by atoms with Crippen molar-refractivity contribution in [3.63, 3.8) is 0 Å². The normalized spacial score (nSPS) is 28.8. The summed E-state index contributed by atoms with van der Waals surface area (Å²) in [6, 6.07) is 5.93. The van der Waals surface area contributed by atoms with E-state index in [4.69, 9.17) is 5.14 Å². The van der Waals surface area contributed by atoms with Gasteiger partial charge in [-0.2, -0.15) is 0 Å². The molecule has 2 unspecified atom stereocenters. The van der Waals surface area contributed by atoms with E-state index in [1.165, 1.54) is 18.6 Å². The minimum Gasteiger partial charge on any atom is -0.326 e. The first-order chi connectivity index (χ1) is 8.93. The Bertz CT molecular complexity index is 599. The van der Waals surface area contributed by atoms with E-state index < -0.39 is 10.0 Å². The third kappa shape index (κ3) is 2.64.